The van der Waals surface area contributed by atoms with Crippen molar-refractivity contribution in [2.24, 2.45) is 7.05 Å². The average Bonchev–Trinajstić information content (AvgIpc) is 3.15. The minimum atomic E-state index is -3.69. The fraction of sp³-hybridized carbons (Fsp3) is 0.562. The van der Waals surface area contributed by atoms with Gasteiger partial charge in [0.2, 0.25) is 11.1 Å². The molecule has 2 amide bonds. The second-order valence-electron chi connectivity index (χ2n) is 7.17. The number of hydrogen-bond acceptors (Lipinski definition) is 13. The number of rotatable bonds is 9. The van der Waals surface area contributed by atoms with Gasteiger partial charge < -0.3 is 19.9 Å². The number of esters is 1. The zero-order chi connectivity index (χ0) is 25.4. The molecular formula is C16H20N6O9S3. The molecule has 0 bridgehead atoms. The monoisotopic (exact) mass is 536 g/mol. The van der Waals surface area contributed by atoms with E-state index in [-0.39, 0.29) is 11.3 Å². The first kappa shape index (κ1) is 25.9. The van der Waals surface area contributed by atoms with Crippen molar-refractivity contribution in [1.29, 1.82) is 0 Å². The highest BCUT2D eigenvalue weighted by atomic mass is 32.2. The highest BCUT2D eigenvalue weighted by Gasteiger charge is 2.72. The van der Waals surface area contributed by atoms with E-state index < -0.39 is 61.4 Å². The molecule has 1 aromatic heterocycles. The van der Waals surface area contributed by atoms with E-state index in [1.54, 1.807) is 7.05 Å². The molecule has 2 aliphatic heterocycles. The number of fused-ring (bicyclic) bond motifs is 1. The van der Waals surface area contributed by atoms with Crippen molar-refractivity contribution in [3.05, 3.63) is 11.3 Å². The number of ether oxygens (including phenoxy) is 2. The number of aromatic nitrogens is 4. The Bertz CT molecular complexity index is 1180. The van der Waals surface area contributed by atoms with E-state index in [1.807, 2.05) is 0 Å². The molecule has 3 rings (SSSR count). The van der Waals surface area contributed by atoms with Gasteiger partial charge in [-0.15, -0.1) is 16.9 Å². The normalized spacial score (nSPS) is 24.4. The largest absolute Gasteiger partial charge is 0.477 e. The molecule has 1 aromatic rings. The number of amides is 2. The van der Waals surface area contributed by atoms with E-state index in [1.165, 1.54) is 4.68 Å². The Balaban J connectivity index is 2.06. The molecule has 1 saturated heterocycles. The molecule has 34 heavy (non-hydrogen) atoms. The predicted octanol–water partition coefficient (Wildman–Crippen LogP) is -2.40. The summed E-state index contributed by atoms with van der Waals surface area (Å²) in [6.45, 7) is 0. The van der Waals surface area contributed by atoms with E-state index in [0.29, 0.717) is 5.16 Å². The summed E-state index contributed by atoms with van der Waals surface area (Å²) in [6.07, 6.45) is 0.872. The number of aliphatic carboxylic acids is 1. The van der Waals surface area contributed by atoms with Crippen LogP contribution in [-0.4, -0.2) is 111 Å². The van der Waals surface area contributed by atoms with Crippen LogP contribution in [0.25, 0.3) is 0 Å². The minimum absolute atomic E-state index is 0.0755. The Kier molecular flexibility index (Phi) is 7.25. The zero-order valence-electron chi connectivity index (χ0n) is 18.2. The smallest absolute Gasteiger partial charge is 0.352 e. The molecule has 0 aromatic carbocycles. The Hall–Kier alpha value is -2.70. The lowest BCUT2D eigenvalue weighted by molar-refractivity contribution is -0.200. The molecule has 3 heterocycles. The van der Waals surface area contributed by atoms with Crippen LogP contribution >= 0.6 is 23.5 Å². The first-order chi connectivity index (χ1) is 15.9. The highest BCUT2D eigenvalue weighted by Crippen LogP contribution is 2.51. The molecule has 2 aliphatic rings. The minimum Gasteiger partial charge on any atom is -0.477 e. The summed E-state index contributed by atoms with van der Waals surface area (Å²) >= 11 is 1.88. The SMILES string of the molecule is COC(=O)[C@]1(OC)C(=O)N2C(C(=O)O)=C(CSc3nnnn3C)C(NC(=O)CS(C)(=O)=O)S[C@H]21. The summed E-state index contributed by atoms with van der Waals surface area (Å²) in [5, 5.41) is 21.4. The molecule has 1 unspecified atom stereocenters. The van der Waals surface area contributed by atoms with Crippen LogP contribution in [0, 0.1) is 0 Å². The number of sulfone groups is 1. The Morgan fingerprint density at radius 1 is 1.32 bits per heavy atom. The third-order valence-electron chi connectivity index (χ3n) is 4.88. The van der Waals surface area contributed by atoms with Crippen LogP contribution in [0.1, 0.15) is 0 Å². The van der Waals surface area contributed by atoms with Gasteiger partial charge in [0.05, 0.1) is 7.11 Å². The summed E-state index contributed by atoms with van der Waals surface area (Å²) in [7, 11) is 0.0150. The standard InChI is InChI=1S/C16H20N6O9S3/c1-21-15(18-19-20-21)32-5-7-9(11(24)25)22-12(26)16(31-3,14(27)30-2)13(22)33-10(7)17-8(23)6-34(4,28)29/h10,13H,5-6H2,1-4H3,(H,17,23)(H,24,25)/t10?,13-,16-/m0/s1. The number of tetrazole rings is 1. The molecular weight excluding hydrogens is 516 g/mol. The van der Waals surface area contributed by atoms with Gasteiger partial charge in [-0.05, 0) is 10.4 Å². The molecule has 0 spiro atoms. The Morgan fingerprint density at radius 2 is 2.00 bits per heavy atom. The summed E-state index contributed by atoms with van der Waals surface area (Å²) in [5.74, 6) is -5.31. The number of β-lactam (4-membered cyclic amide) rings is 1. The number of hydrogen-bond donors (Lipinski definition) is 2. The lowest BCUT2D eigenvalue weighted by Gasteiger charge is -2.55. The zero-order valence-corrected chi connectivity index (χ0v) is 20.7. The van der Waals surface area contributed by atoms with Crippen molar-refractivity contribution in [1.82, 2.24) is 30.4 Å². The van der Waals surface area contributed by atoms with Crippen LogP contribution in [0.5, 0.6) is 0 Å². The average molecular weight is 537 g/mol. The van der Waals surface area contributed by atoms with Gasteiger partial charge >= 0.3 is 11.9 Å². The van der Waals surface area contributed by atoms with Gasteiger partial charge in [0.25, 0.3) is 11.5 Å². The number of carbonyl (C=O) groups excluding carboxylic acids is 3. The second kappa shape index (κ2) is 9.51. The van der Waals surface area contributed by atoms with Gasteiger partial charge in [-0.3, -0.25) is 14.5 Å². The Labute approximate surface area is 201 Å². The molecule has 0 radical (unpaired) electrons. The fourth-order valence-corrected chi connectivity index (χ4v) is 6.60. The van der Waals surface area contributed by atoms with E-state index in [9.17, 15) is 32.7 Å². The Morgan fingerprint density at radius 3 is 2.50 bits per heavy atom. The van der Waals surface area contributed by atoms with Crippen molar-refractivity contribution >= 4 is 57.1 Å². The van der Waals surface area contributed by atoms with Crippen LogP contribution in [0.3, 0.4) is 0 Å². The van der Waals surface area contributed by atoms with Crippen LogP contribution in [-0.2, 0) is 45.5 Å². The maximum absolute atomic E-state index is 13.0. The molecule has 2 N–H and O–H groups in total. The number of aryl methyl sites for hydroxylation is 1. The van der Waals surface area contributed by atoms with E-state index in [0.717, 1.165) is 48.9 Å². The molecule has 18 heteroatoms. The molecule has 0 saturated carbocycles. The number of carbonyl (C=O) groups is 4. The molecule has 0 aliphatic carbocycles. The summed E-state index contributed by atoms with van der Waals surface area (Å²) in [6, 6.07) is 0. The summed E-state index contributed by atoms with van der Waals surface area (Å²) < 4.78 is 34.4. The van der Waals surface area contributed by atoms with E-state index >= 15 is 0 Å². The number of nitrogens with zero attached hydrogens (tertiary/aromatic N) is 5. The molecule has 186 valence electrons. The van der Waals surface area contributed by atoms with Gasteiger partial charge in [-0.25, -0.2) is 22.7 Å². The summed E-state index contributed by atoms with van der Waals surface area (Å²) in [4.78, 5) is 51.0. The maximum Gasteiger partial charge on any atom is 0.352 e. The molecule has 1 fully saturated rings. The molecule has 15 nitrogen and oxygen atoms in total. The summed E-state index contributed by atoms with van der Waals surface area (Å²) in [5.41, 5.74) is -2.53. The van der Waals surface area contributed by atoms with Crippen LogP contribution in [0.15, 0.2) is 16.4 Å². The van der Waals surface area contributed by atoms with Crippen molar-refractivity contribution in [3.8, 4) is 0 Å². The third kappa shape index (κ3) is 4.49. The van der Waals surface area contributed by atoms with Gasteiger partial charge in [0.1, 0.15) is 22.2 Å². The number of nitrogens with one attached hydrogen (secondary N) is 1. The lowest BCUT2D eigenvalue weighted by atomic mass is 9.89. The maximum atomic E-state index is 13.0. The van der Waals surface area contributed by atoms with Crippen molar-refractivity contribution < 1.29 is 42.2 Å². The van der Waals surface area contributed by atoms with Gasteiger partial charge in [0.15, 0.2) is 9.84 Å². The van der Waals surface area contributed by atoms with Gasteiger partial charge in [-0.2, -0.15) is 0 Å². The topological polar surface area (TPSA) is 200 Å². The predicted molar refractivity (Wildman–Crippen MR) is 116 cm³/mol. The molecule has 3 atom stereocenters. The first-order valence-corrected chi connectivity index (χ1v) is 13.3. The van der Waals surface area contributed by atoms with Crippen molar-refractivity contribution in [3.63, 3.8) is 0 Å². The van der Waals surface area contributed by atoms with Crippen molar-refractivity contribution in [2.45, 2.75) is 21.5 Å². The number of thioether (sulfide) groups is 2. The van der Waals surface area contributed by atoms with Crippen LogP contribution in [0.4, 0.5) is 0 Å². The fourth-order valence-electron chi connectivity index (χ4n) is 3.40. The lowest BCUT2D eigenvalue weighted by Crippen LogP contribution is -2.78. The first-order valence-electron chi connectivity index (χ1n) is 9.28. The quantitative estimate of drug-likeness (QED) is 0.146. The number of carboxylic acid groups (broad SMARTS) is 1. The van der Waals surface area contributed by atoms with Crippen LogP contribution < -0.4 is 5.32 Å². The van der Waals surface area contributed by atoms with Crippen molar-refractivity contribution in [2.75, 3.05) is 32.0 Å². The van der Waals surface area contributed by atoms with E-state index in [2.05, 4.69) is 20.8 Å². The van der Waals surface area contributed by atoms with Gasteiger partial charge in [0, 0.05) is 31.7 Å². The van der Waals surface area contributed by atoms with Crippen LogP contribution in [0.2, 0.25) is 0 Å². The number of methoxy groups -OCH3 is 2. The third-order valence-corrected chi connectivity index (χ3v) is 8.20. The highest BCUT2D eigenvalue weighted by molar-refractivity contribution is 8.01. The van der Waals surface area contributed by atoms with Gasteiger partial charge in [-0.1, -0.05) is 11.8 Å². The van der Waals surface area contributed by atoms with E-state index in [4.69, 9.17) is 9.47 Å². The second-order valence-corrected chi connectivity index (χ2v) is 11.4. The number of carboxylic acids is 1.